The highest BCUT2D eigenvalue weighted by molar-refractivity contribution is 7.07. The van der Waals surface area contributed by atoms with E-state index in [0.29, 0.717) is 11.4 Å². The maximum absolute atomic E-state index is 13.1. The molecule has 0 N–H and O–H groups in total. The first-order valence-electron chi connectivity index (χ1n) is 3.37. The van der Waals surface area contributed by atoms with E-state index >= 15 is 0 Å². The number of halogens is 1. The van der Waals surface area contributed by atoms with Crippen LogP contribution in [0.4, 0.5) is 4.39 Å². The summed E-state index contributed by atoms with van der Waals surface area (Å²) in [5.41, 5.74) is 2.57. The van der Waals surface area contributed by atoms with Gasteiger partial charge in [0.05, 0.1) is 5.51 Å². The Morgan fingerprint density at radius 2 is 2.25 bits per heavy atom. The predicted molar refractivity (Wildman–Crippen MR) is 45.3 cm³/mol. The van der Waals surface area contributed by atoms with Crippen molar-refractivity contribution in [2.24, 2.45) is 0 Å². The van der Waals surface area contributed by atoms with Crippen molar-refractivity contribution in [1.82, 2.24) is 9.97 Å². The van der Waals surface area contributed by atoms with Gasteiger partial charge >= 0.3 is 0 Å². The molecule has 0 spiro atoms. The zero-order valence-corrected chi connectivity index (χ0v) is 6.88. The van der Waals surface area contributed by atoms with Crippen molar-refractivity contribution in [1.29, 1.82) is 0 Å². The lowest BCUT2D eigenvalue weighted by atomic mass is 10.3. The van der Waals surface area contributed by atoms with Crippen LogP contribution < -0.4 is 0 Å². The van der Waals surface area contributed by atoms with Gasteiger partial charge in [-0.3, -0.25) is 4.98 Å². The Kier molecular flexibility index (Phi) is 1.83. The second kappa shape index (κ2) is 2.98. The van der Waals surface area contributed by atoms with Gasteiger partial charge < -0.3 is 0 Å². The largest absolute Gasteiger partial charge is 0.251 e. The molecule has 2 aromatic rings. The summed E-state index contributed by atoms with van der Waals surface area (Å²) in [6.07, 6.45) is 1.55. The van der Waals surface area contributed by atoms with E-state index in [0.717, 1.165) is 0 Å². The Morgan fingerprint density at radius 3 is 2.92 bits per heavy atom. The third-order valence-electron chi connectivity index (χ3n) is 1.43. The minimum Gasteiger partial charge on any atom is -0.251 e. The van der Waals surface area contributed by atoms with Crippen LogP contribution in [0.2, 0.25) is 0 Å². The van der Waals surface area contributed by atoms with Crippen LogP contribution in [0, 0.1) is 5.82 Å². The van der Waals surface area contributed by atoms with Crippen molar-refractivity contribution in [2.75, 3.05) is 0 Å². The molecule has 2 aromatic heterocycles. The average molecular weight is 180 g/mol. The number of hydrogen-bond acceptors (Lipinski definition) is 3. The summed E-state index contributed by atoms with van der Waals surface area (Å²) < 4.78 is 13.1. The fraction of sp³-hybridized carbons (Fsp3) is 0. The Balaban J connectivity index is 2.55. The summed E-state index contributed by atoms with van der Waals surface area (Å²) >= 11 is 1.43. The molecule has 0 saturated carbocycles. The van der Waals surface area contributed by atoms with Crippen molar-refractivity contribution in [3.05, 3.63) is 35.0 Å². The molecule has 0 bridgehead atoms. The normalized spacial score (nSPS) is 10.1. The second-order valence-corrected chi connectivity index (χ2v) is 2.93. The molecule has 0 aliphatic carbocycles. The summed E-state index contributed by atoms with van der Waals surface area (Å²) in [6.45, 7) is 0. The SMILES string of the molecule is Fc1cccnc1-c1cscn1. The standard InChI is InChI=1S/C8H5FN2S/c9-6-2-1-3-10-8(6)7-4-12-5-11-7/h1-5H. The highest BCUT2D eigenvalue weighted by atomic mass is 32.1. The van der Waals surface area contributed by atoms with Gasteiger partial charge in [-0.2, -0.15) is 0 Å². The van der Waals surface area contributed by atoms with Gasteiger partial charge in [-0.05, 0) is 12.1 Å². The van der Waals surface area contributed by atoms with Crippen LogP contribution in [0.25, 0.3) is 11.4 Å². The fourth-order valence-corrected chi connectivity index (χ4v) is 1.44. The molecule has 2 nitrogen and oxygen atoms in total. The van der Waals surface area contributed by atoms with Crippen LogP contribution in [0.1, 0.15) is 0 Å². The maximum atomic E-state index is 13.1. The lowest BCUT2D eigenvalue weighted by molar-refractivity contribution is 0.625. The fourth-order valence-electron chi connectivity index (χ4n) is 0.904. The average Bonchev–Trinajstić information content (AvgIpc) is 2.57. The molecule has 2 heterocycles. The molecule has 2 rings (SSSR count). The Morgan fingerprint density at radius 1 is 1.33 bits per heavy atom. The van der Waals surface area contributed by atoms with Gasteiger partial charge in [-0.25, -0.2) is 9.37 Å². The van der Waals surface area contributed by atoms with Crippen LogP contribution in [-0.2, 0) is 0 Å². The molecule has 0 amide bonds. The van der Waals surface area contributed by atoms with Gasteiger partial charge in [0.25, 0.3) is 0 Å². The van der Waals surface area contributed by atoms with E-state index in [-0.39, 0.29) is 5.82 Å². The van der Waals surface area contributed by atoms with E-state index < -0.39 is 0 Å². The highest BCUT2D eigenvalue weighted by Crippen LogP contribution is 2.18. The van der Waals surface area contributed by atoms with Crippen LogP contribution in [0.15, 0.2) is 29.2 Å². The first kappa shape index (κ1) is 7.36. The van der Waals surface area contributed by atoms with Crippen LogP contribution >= 0.6 is 11.3 Å². The molecule has 0 aromatic carbocycles. The molecule has 0 saturated heterocycles. The number of thiazole rings is 1. The molecule has 0 unspecified atom stereocenters. The van der Waals surface area contributed by atoms with E-state index in [1.165, 1.54) is 17.4 Å². The topological polar surface area (TPSA) is 25.8 Å². The zero-order chi connectivity index (χ0) is 8.39. The first-order chi connectivity index (χ1) is 5.88. The molecule has 12 heavy (non-hydrogen) atoms. The molecule has 0 aliphatic rings. The quantitative estimate of drug-likeness (QED) is 0.673. The van der Waals surface area contributed by atoms with Crippen molar-refractivity contribution < 1.29 is 4.39 Å². The van der Waals surface area contributed by atoms with Crippen LogP contribution in [0.5, 0.6) is 0 Å². The number of nitrogens with zero attached hydrogens (tertiary/aromatic N) is 2. The minimum atomic E-state index is -0.330. The molecule has 0 aliphatic heterocycles. The molecule has 0 atom stereocenters. The van der Waals surface area contributed by atoms with Crippen molar-refractivity contribution in [3.63, 3.8) is 0 Å². The summed E-state index contributed by atoms with van der Waals surface area (Å²) in [4.78, 5) is 7.85. The third-order valence-corrected chi connectivity index (χ3v) is 2.02. The zero-order valence-electron chi connectivity index (χ0n) is 6.07. The monoisotopic (exact) mass is 180 g/mol. The number of aromatic nitrogens is 2. The molecule has 4 heteroatoms. The van der Waals surface area contributed by atoms with E-state index in [1.54, 1.807) is 23.2 Å². The van der Waals surface area contributed by atoms with Gasteiger partial charge in [0.1, 0.15) is 11.4 Å². The summed E-state index contributed by atoms with van der Waals surface area (Å²) in [5.74, 6) is -0.330. The van der Waals surface area contributed by atoms with E-state index in [1.807, 2.05) is 0 Å². The first-order valence-corrected chi connectivity index (χ1v) is 4.31. The van der Waals surface area contributed by atoms with E-state index in [4.69, 9.17) is 0 Å². The number of hydrogen-bond donors (Lipinski definition) is 0. The second-order valence-electron chi connectivity index (χ2n) is 2.21. The highest BCUT2D eigenvalue weighted by Gasteiger charge is 2.05. The lowest BCUT2D eigenvalue weighted by Gasteiger charge is -1.95. The summed E-state index contributed by atoms with van der Waals surface area (Å²) in [6, 6.07) is 2.94. The predicted octanol–water partition coefficient (Wildman–Crippen LogP) is 2.34. The van der Waals surface area contributed by atoms with Crippen molar-refractivity contribution in [3.8, 4) is 11.4 Å². The molecule has 0 radical (unpaired) electrons. The minimum absolute atomic E-state index is 0.318. The molecule has 60 valence electrons. The maximum Gasteiger partial charge on any atom is 0.151 e. The van der Waals surface area contributed by atoms with Gasteiger partial charge in [0.2, 0.25) is 0 Å². The smallest absolute Gasteiger partial charge is 0.151 e. The number of rotatable bonds is 1. The van der Waals surface area contributed by atoms with Crippen LogP contribution in [-0.4, -0.2) is 9.97 Å². The van der Waals surface area contributed by atoms with Crippen LogP contribution in [0.3, 0.4) is 0 Å². The molecular weight excluding hydrogens is 175 g/mol. The van der Waals surface area contributed by atoms with Gasteiger partial charge in [0, 0.05) is 11.6 Å². The molecular formula is C8H5FN2S. The van der Waals surface area contributed by atoms with Gasteiger partial charge in [-0.15, -0.1) is 11.3 Å². The Hall–Kier alpha value is -1.29. The van der Waals surface area contributed by atoms with E-state index in [2.05, 4.69) is 9.97 Å². The molecule has 0 fully saturated rings. The van der Waals surface area contributed by atoms with E-state index in [9.17, 15) is 4.39 Å². The summed E-state index contributed by atoms with van der Waals surface area (Å²) in [5, 5.41) is 1.77. The Labute approximate surface area is 72.7 Å². The van der Waals surface area contributed by atoms with Gasteiger partial charge in [-0.1, -0.05) is 0 Å². The van der Waals surface area contributed by atoms with Gasteiger partial charge in [0.15, 0.2) is 5.82 Å². The Bertz CT molecular complexity index is 372. The third kappa shape index (κ3) is 1.21. The lowest BCUT2D eigenvalue weighted by Crippen LogP contribution is -1.87. The van der Waals surface area contributed by atoms with Crippen molar-refractivity contribution >= 4 is 11.3 Å². The number of pyridine rings is 1. The van der Waals surface area contributed by atoms with Crippen molar-refractivity contribution in [2.45, 2.75) is 0 Å². The summed E-state index contributed by atoms with van der Waals surface area (Å²) in [7, 11) is 0.